The van der Waals surface area contributed by atoms with Crippen molar-refractivity contribution < 1.29 is 4.74 Å². The van der Waals surface area contributed by atoms with Gasteiger partial charge in [0, 0.05) is 24.7 Å². The van der Waals surface area contributed by atoms with E-state index in [-0.39, 0.29) is 0 Å². The Bertz CT molecular complexity index is 365. The molecule has 1 aliphatic carbocycles. The van der Waals surface area contributed by atoms with Crippen molar-refractivity contribution in [2.24, 2.45) is 5.92 Å². The highest BCUT2D eigenvalue weighted by molar-refractivity contribution is 9.10. The number of benzene rings is 1. The van der Waals surface area contributed by atoms with Crippen LogP contribution in [0.1, 0.15) is 30.7 Å². The third-order valence-corrected chi connectivity index (χ3v) is 4.34. The minimum Gasteiger partial charge on any atom is -0.383 e. The number of hydrogen-bond acceptors (Lipinski definition) is 2. The lowest BCUT2D eigenvalue weighted by molar-refractivity contribution is 0.194. The molecule has 0 spiro atoms. The minimum atomic E-state index is 0.646. The van der Waals surface area contributed by atoms with Gasteiger partial charge in [0.05, 0.1) is 6.61 Å². The largest absolute Gasteiger partial charge is 0.383 e. The summed E-state index contributed by atoms with van der Waals surface area (Å²) in [6.07, 6.45) is 4.15. The molecule has 2 rings (SSSR count). The van der Waals surface area contributed by atoms with E-state index in [2.05, 4.69) is 45.5 Å². The Morgan fingerprint density at radius 1 is 1.44 bits per heavy atom. The molecule has 0 amide bonds. The highest BCUT2D eigenvalue weighted by Crippen LogP contribution is 2.39. The fourth-order valence-corrected chi connectivity index (χ4v) is 2.98. The molecule has 100 valence electrons. The molecule has 1 aromatic carbocycles. The summed E-state index contributed by atoms with van der Waals surface area (Å²) < 4.78 is 6.26. The first-order valence-corrected chi connectivity index (χ1v) is 7.55. The molecule has 0 heterocycles. The van der Waals surface area contributed by atoms with Crippen molar-refractivity contribution in [2.75, 3.05) is 26.8 Å². The monoisotopic (exact) mass is 311 g/mol. The van der Waals surface area contributed by atoms with Crippen LogP contribution < -0.4 is 5.32 Å². The van der Waals surface area contributed by atoms with E-state index in [1.54, 1.807) is 7.11 Å². The molecule has 0 radical (unpaired) electrons. The Kier molecular flexibility index (Phi) is 5.67. The van der Waals surface area contributed by atoms with E-state index in [4.69, 9.17) is 4.74 Å². The van der Waals surface area contributed by atoms with Crippen LogP contribution in [0.4, 0.5) is 0 Å². The van der Waals surface area contributed by atoms with E-state index >= 15 is 0 Å². The van der Waals surface area contributed by atoms with Crippen LogP contribution in [0.25, 0.3) is 0 Å². The lowest BCUT2D eigenvalue weighted by Crippen LogP contribution is -2.31. The molecule has 1 atom stereocenters. The van der Waals surface area contributed by atoms with Crippen LogP contribution in [0.5, 0.6) is 0 Å². The lowest BCUT2D eigenvalue weighted by Gasteiger charge is -2.34. The molecular weight excluding hydrogens is 290 g/mol. The normalized spacial score (nSPS) is 17.4. The Balaban J connectivity index is 1.96. The zero-order valence-corrected chi connectivity index (χ0v) is 12.6. The first-order valence-electron chi connectivity index (χ1n) is 6.76. The van der Waals surface area contributed by atoms with Crippen molar-refractivity contribution >= 4 is 15.9 Å². The van der Waals surface area contributed by atoms with Gasteiger partial charge < -0.3 is 10.1 Å². The maximum atomic E-state index is 5.08. The molecule has 3 heteroatoms. The smallest absolute Gasteiger partial charge is 0.0587 e. The third kappa shape index (κ3) is 3.81. The molecule has 0 aromatic heterocycles. The molecule has 1 aromatic rings. The van der Waals surface area contributed by atoms with Gasteiger partial charge in [0.2, 0.25) is 0 Å². The van der Waals surface area contributed by atoms with E-state index in [9.17, 15) is 0 Å². The Labute approximate surface area is 118 Å². The van der Waals surface area contributed by atoms with Gasteiger partial charge in [-0.3, -0.25) is 0 Å². The molecule has 1 fully saturated rings. The van der Waals surface area contributed by atoms with E-state index in [0.29, 0.717) is 5.92 Å². The van der Waals surface area contributed by atoms with Gasteiger partial charge in [-0.1, -0.05) is 34.5 Å². The molecular formula is C15H22BrNO. The SMILES string of the molecule is COCCNCC(c1cccc(Br)c1)C1CCC1. The van der Waals surface area contributed by atoms with E-state index in [1.807, 2.05) is 0 Å². The minimum absolute atomic E-state index is 0.646. The van der Waals surface area contributed by atoms with Gasteiger partial charge in [0.25, 0.3) is 0 Å². The Hall–Kier alpha value is -0.380. The number of halogens is 1. The van der Waals surface area contributed by atoms with Crippen molar-refractivity contribution in [3.8, 4) is 0 Å². The molecule has 0 saturated heterocycles. The van der Waals surface area contributed by atoms with Crippen LogP contribution >= 0.6 is 15.9 Å². The third-order valence-electron chi connectivity index (χ3n) is 3.84. The molecule has 0 aliphatic heterocycles. The highest BCUT2D eigenvalue weighted by atomic mass is 79.9. The first kappa shape index (κ1) is 14.0. The molecule has 1 aliphatic rings. The van der Waals surface area contributed by atoms with Crippen LogP contribution in [-0.4, -0.2) is 26.8 Å². The van der Waals surface area contributed by atoms with E-state index in [0.717, 1.165) is 25.6 Å². The maximum absolute atomic E-state index is 5.08. The van der Waals surface area contributed by atoms with Crippen molar-refractivity contribution in [3.63, 3.8) is 0 Å². The van der Waals surface area contributed by atoms with Crippen molar-refractivity contribution in [2.45, 2.75) is 25.2 Å². The molecule has 0 bridgehead atoms. The van der Waals surface area contributed by atoms with Crippen molar-refractivity contribution in [1.82, 2.24) is 5.32 Å². The second-order valence-electron chi connectivity index (χ2n) is 5.05. The van der Waals surface area contributed by atoms with Gasteiger partial charge in [-0.2, -0.15) is 0 Å². The van der Waals surface area contributed by atoms with Gasteiger partial charge in [0.15, 0.2) is 0 Å². The molecule has 1 unspecified atom stereocenters. The van der Waals surface area contributed by atoms with Crippen LogP contribution in [0.15, 0.2) is 28.7 Å². The summed E-state index contributed by atoms with van der Waals surface area (Å²) in [6.45, 7) is 2.79. The Morgan fingerprint density at radius 2 is 2.28 bits per heavy atom. The topological polar surface area (TPSA) is 21.3 Å². The summed E-state index contributed by atoms with van der Waals surface area (Å²) in [5.41, 5.74) is 1.46. The first-order chi connectivity index (χ1) is 8.81. The second-order valence-corrected chi connectivity index (χ2v) is 5.97. The summed E-state index contributed by atoms with van der Waals surface area (Å²) in [5, 5.41) is 3.51. The lowest BCUT2D eigenvalue weighted by atomic mass is 9.73. The predicted molar refractivity (Wildman–Crippen MR) is 79.0 cm³/mol. The van der Waals surface area contributed by atoms with Crippen LogP contribution in [-0.2, 0) is 4.74 Å². The second kappa shape index (κ2) is 7.27. The van der Waals surface area contributed by atoms with E-state index < -0.39 is 0 Å². The number of methoxy groups -OCH3 is 1. The average Bonchev–Trinajstić information content (AvgIpc) is 2.30. The van der Waals surface area contributed by atoms with Crippen LogP contribution in [0.2, 0.25) is 0 Å². The van der Waals surface area contributed by atoms with Gasteiger partial charge in [0.1, 0.15) is 0 Å². The zero-order valence-electron chi connectivity index (χ0n) is 11.0. The van der Waals surface area contributed by atoms with Gasteiger partial charge >= 0.3 is 0 Å². The van der Waals surface area contributed by atoms with Crippen molar-refractivity contribution in [1.29, 1.82) is 0 Å². The standard InChI is InChI=1S/C15H22BrNO/c1-18-9-8-17-11-15(12-4-2-5-12)13-6-3-7-14(16)10-13/h3,6-7,10,12,15,17H,2,4-5,8-9,11H2,1H3. The Morgan fingerprint density at radius 3 is 2.89 bits per heavy atom. The molecule has 1 N–H and O–H groups in total. The van der Waals surface area contributed by atoms with Crippen LogP contribution in [0, 0.1) is 5.92 Å². The predicted octanol–water partition coefficient (Wildman–Crippen LogP) is 3.57. The summed E-state index contributed by atoms with van der Waals surface area (Å²) in [5.74, 6) is 1.50. The molecule has 18 heavy (non-hydrogen) atoms. The number of ether oxygens (including phenoxy) is 1. The van der Waals surface area contributed by atoms with Crippen LogP contribution in [0.3, 0.4) is 0 Å². The molecule has 2 nitrogen and oxygen atoms in total. The zero-order chi connectivity index (χ0) is 12.8. The average molecular weight is 312 g/mol. The fraction of sp³-hybridized carbons (Fsp3) is 0.600. The number of hydrogen-bond donors (Lipinski definition) is 1. The van der Waals surface area contributed by atoms with Gasteiger partial charge in [-0.05, 0) is 42.4 Å². The van der Waals surface area contributed by atoms with Crippen molar-refractivity contribution in [3.05, 3.63) is 34.3 Å². The van der Waals surface area contributed by atoms with Gasteiger partial charge in [-0.15, -0.1) is 0 Å². The summed E-state index contributed by atoms with van der Waals surface area (Å²) in [4.78, 5) is 0. The number of nitrogens with one attached hydrogen (secondary N) is 1. The maximum Gasteiger partial charge on any atom is 0.0587 e. The fourth-order valence-electron chi connectivity index (χ4n) is 2.57. The summed E-state index contributed by atoms with van der Waals surface area (Å²) in [6, 6.07) is 8.76. The highest BCUT2D eigenvalue weighted by Gasteiger charge is 2.28. The number of rotatable bonds is 7. The van der Waals surface area contributed by atoms with E-state index in [1.165, 1.54) is 29.3 Å². The summed E-state index contributed by atoms with van der Waals surface area (Å²) in [7, 11) is 1.75. The molecule has 1 saturated carbocycles. The van der Waals surface area contributed by atoms with Gasteiger partial charge in [-0.25, -0.2) is 0 Å². The summed E-state index contributed by atoms with van der Waals surface area (Å²) >= 11 is 3.57. The quantitative estimate of drug-likeness (QED) is 0.777.